The fourth-order valence-corrected chi connectivity index (χ4v) is 5.21. The van der Waals surface area contributed by atoms with E-state index in [-0.39, 0.29) is 11.9 Å². The van der Waals surface area contributed by atoms with Crippen molar-refractivity contribution in [2.75, 3.05) is 25.0 Å². The summed E-state index contributed by atoms with van der Waals surface area (Å²) in [6.45, 7) is 4.63. The van der Waals surface area contributed by atoms with Crippen molar-refractivity contribution in [1.29, 1.82) is 0 Å². The van der Waals surface area contributed by atoms with Crippen molar-refractivity contribution in [3.8, 4) is 0 Å². The Morgan fingerprint density at radius 1 is 1.27 bits per heavy atom. The molecule has 5 rings (SSSR count). The highest BCUT2D eigenvalue weighted by Gasteiger charge is 2.30. The summed E-state index contributed by atoms with van der Waals surface area (Å²) in [5.41, 5.74) is 2.12. The van der Waals surface area contributed by atoms with Gasteiger partial charge in [0.1, 0.15) is 0 Å². The van der Waals surface area contributed by atoms with Gasteiger partial charge in [0.05, 0.1) is 17.3 Å². The van der Waals surface area contributed by atoms with Gasteiger partial charge in [-0.1, -0.05) is 6.42 Å². The molecular weight excluding hydrogens is 396 g/mol. The van der Waals surface area contributed by atoms with Crippen molar-refractivity contribution in [3.05, 3.63) is 41.3 Å². The quantitative estimate of drug-likeness (QED) is 0.668. The third kappa shape index (κ3) is 3.94. The highest BCUT2D eigenvalue weighted by atomic mass is 32.1. The van der Waals surface area contributed by atoms with Crippen LogP contribution in [0.2, 0.25) is 0 Å². The minimum absolute atomic E-state index is 0.0159. The summed E-state index contributed by atoms with van der Waals surface area (Å²) >= 11 is 1.63. The molecule has 2 aliphatic heterocycles. The Kier molecular flexibility index (Phi) is 5.43. The van der Waals surface area contributed by atoms with Gasteiger partial charge in [0.25, 0.3) is 0 Å². The van der Waals surface area contributed by atoms with Crippen LogP contribution in [-0.4, -0.2) is 50.9 Å². The van der Waals surface area contributed by atoms with Gasteiger partial charge in [-0.15, -0.1) is 11.3 Å². The van der Waals surface area contributed by atoms with Gasteiger partial charge in [0, 0.05) is 42.5 Å². The van der Waals surface area contributed by atoms with Gasteiger partial charge in [-0.05, 0) is 51.3 Å². The van der Waals surface area contributed by atoms with E-state index in [1.165, 1.54) is 11.3 Å². The average molecular weight is 425 g/mol. The monoisotopic (exact) mass is 424 g/mol. The molecule has 0 aromatic carbocycles. The molecule has 2 N–H and O–H groups in total. The summed E-state index contributed by atoms with van der Waals surface area (Å²) in [4.78, 5) is 25.4. The molecule has 7 nitrogen and oxygen atoms in total. The molecule has 3 aromatic rings. The highest BCUT2D eigenvalue weighted by Crippen LogP contribution is 2.31. The van der Waals surface area contributed by atoms with Crippen LogP contribution in [0.25, 0.3) is 5.52 Å². The molecule has 0 saturated carbocycles. The Labute approximate surface area is 180 Å². The Morgan fingerprint density at radius 2 is 2.13 bits per heavy atom. The Bertz CT molecular complexity index is 1030. The lowest BCUT2D eigenvalue weighted by molar-refractivity contribution is -0.135. The van der Waals surface area contributed by atoms with E-state index >= 15 is 0 Å². The lowest BCUT2D eigenvalue weighted by atomic mass is 9.92. The largest absolute Gasteiger partial charge is 0.341 e. The number of nitrogens with zero attached hydrogens (tertiary/aromatic N) is 4. The number of anilines is 2. The van der Waals surface area contributed by atoms with Gasteiger partial charge < -0.3 is 19.9 Å². The summed E-state index contributed by atoms with van der Waals surface area (Å²) in [6.07, 6.45) is 11.3. The van der Waals surface area contributed by atoms with Crippen molar-refractivity contribution in [1.82, 2.24) is 24.6 Å². The zero-order valence-electron chi connectivity index (χ0n) is 17.3. The van der Waals surface area contributed by atoms with E-state index < -0.39 is 0 Å². The number of aryl methyl sites for hydroxylation is 1. The molecule has 1 atom stereocenters. The van der Waals surface area contributed by atoms with Crippen molar-refractivity contribution < 1.29 is 4.79 Å². The first-order valence-electron chi connectivity index (χ1n) is 10.9. The molecule has 0 bridgehead atoms. The molecular formula is C22H28N6OS. The van der Waals surface area contributed by atoms with Gasteiger partial charge in [-0.3, -0.25) is 4.79 Å². The second-order valence-electron chi connectivity index (χ2n) is 8.32. The van der Waals surface area contributed by atoms with Crippen LogP contribution in [0.4, 0.5) is 10.9 Å². The Balaban J connectivity index is 1.31. The molecule has 1 amide bonds. The van der Waals surface area contributed by atoms with Crippen LogP contribution in [0.15, 0.2) is 30.7 Å². The lowest BCUT2D eigenvalue weighted by Gasteiger charge is -2.35. The van der Waals surface area contributed by atoms with E-state index in [1.807, 2.05) is 17.2 Å². The third-order valence-corrected chi connectivity index (χ3v) is 7.04. The number of hydrogen-bond acceptors (Lipinski definition) is 6. The normalized spacial score (nSPS) is 20.6. The van der Waals surface area contributed by atoms with E-state index in [0.29, 0.717) is 5.92 Å². The van der Waals surface area contributed by atoms with Crippen LogP contribution in [0.5, 0.6) is 0 Å². The number of thiazole rings is 1. The zero-order chi connectivity index (χ0) is 20.5. The number of carbonyl (C=O) groups excluding carboxylic acids is 1. The average Bonchev–Trinajstić information content (AvgIpc) is 3.43. The minimum atomic E-state index is 0.0159. The second kappa shape index (κ2) is 8.35. The van der Waals surface area contributed by atoms with Gasteiger partial charge in [0.2, 0.25) is 5.91 Å². The van der Waals surface area contributed by atoms with Gasteiger partial charge in [-0.25, -0.2) is 9.97 Å². The van der Waals surface area contributed by atoms with Crippen LogP contribution < -0.4 is 10.6 Å². The number of rotatable bonds is 4. The first-order chi connectivity index (χ1) is 14.7. The van der Waals surface area contributed by atoms with Crippen LogP contribution in [-0.2, 0) is 4.79 Å². The van der Waals surface area contributed by atoms with E-state index in [9.17, 15) is 4.79 Å². The van der Waals surface area contributed by atoms with Crippen molar-refractivity contribution in [3.63, 3.8) is 0 Å². The first-order valence-corrected chi connectivity index (χ1v) is 11.7. The fraction of sp³-hybridized carbons (Fsp3) is 0.500. The highest BCUT2D eigenvalue weighted by molar-refractivity contribution is 7.15. The summed E-state index contributed by atoms with van der Waals surface area (Å²) in [5, 5.41) is 7.66. The summed E-state index contributed by atoms with van der Waals surface area (Å²) in [5.74, 6) is 1.49. The van der Waals surface area contributed by atoms with Crippen molar-refractivity contribution in [2.45, 2.75) is 51.0 Å². The molecule has 3 aromatic heterocycles. The predicted molar refractivity (Wildman–Crippen MR) is 120 cm³/mol. The lowest BCUT2D eigenvalue weighted by Crippen LogP contribution is -2.50. The second-order valence-corrected chi connectivity index (χ2v) is 9.55. The fourth-order valence-electron chi connectivity index (χ4n) is 4.55. The molecule has 0 spiro atoms. The number of piperidine rings is 2. The molecule has 30 heavy (non-hydrogen) atoms. The molecule has 0 radical (unpaired) electrons. The van der Waals surface area contributed by atoms with Crippen LogP contribution >= 0.6 is 11.3 Å². The number of aromatic nitrogens is 3. The Morgan fingerprint density at radius 3 is 2.87 bits per heavy atom. The molecule has 2 aliphatic rings. The molecule has 158 valence electrons. The molecule has 5 heterocycles. The third-order valence-electron chi connectivity index (χ3n) is 6.21. The Hall–Kier alpha value is -2.45. The van der Waals surface area contributed by atoms with Crippen molar-refractivity contribution >= 4 is 33.7 Å². The van der Waals surface area contributed by atoms with Crippen molar-refractivity contribution in [2.24, 2.45) is 0 Å². The van der Waals surface area contributed by atoms with Crippen LogP contribution in [0.1, 0.15) is 48.6 Å². The maximum Gasteiger partial charge on any atom is 0.239 e. The summed E-state index contributed by atoms with van der Waals surface area (Å²) < 4.78 is 2.13. The van der Waals surface area contributed by atoms with E-state index in [2.05, 4.69) is 45.4 Å². The number of hydrogen-bond donors (Lipinski definition) is 2. The van der Waals surface area contributed by atoms with E-state index in [1.54, 1.807) is 11.3 Å². The molecule has 8 heteroatoms. The number of nitrogens with one attached hydrogen (secondary N) is 2. The van der Waals surface area contributed by atoms with Crippen LogP contribution in [0, 0.1) is 6.92 Å². The number of carbonyl (C=O) groups is 1. The minimum Gasteiger partial charge on any atom is -0.341 e. The molecule has 2 fully saturated rings. The van der Waals surface area contributed by atoms with Gasteiger partial charge in [-0.2, -0.15) is 0 Å². The SMILES string of the molecule is Cc1cnc(Nc2nc(C3CCN(C(=O)[C@@H]4CCCCN4)CC3)cn3cccc23)s1. The smallest absolute Gasteiger partial charge is 0.239 e. The predicted octanol–water partition coefficient (Wildman–Crippen LogP) is 3.69. The maximum atomic E-state index is 12.8. The maximum absolute atomic E-state index is 12.8. The number of fused-ring (bicyclic) bond motifs is 1. The molecule has 2 saturated heterocycles. The molecule has 0 aliphatic carbocycles. The van der Waals surface area contributed by atoms with E-state index in [0.717, 1.165) is 67.5 Å². The van der Waals surface area contributed by atoms with E-state index in [4.69, 9.17) is 4.98 Å². The number of likely N-dealkylation sites (tertiary alicyclic amines) is 1. The van der Waals surface area contributed by atoms with Gasteiger partial charge in [0.15, 0.2) is 10.9 Å². The zero-order valence-corrected chi connectivity index (χ0v) is 18.1. The molecule has 0 unspecified atom stereocenters. The first kappa shape index (κ1) is 19.5. The number of amides is 1. The van der Waals surface area contributed by atoms with Gasteiger partial charge >= 0.3 is 0 Å². The topological polar surface area (TPSA) is 74.6 Å². The standard InChI is InChI=1S/C22H28N6OS/c1-15-13-24-22(30-15)26-20-19-6-4-10-28(19)14-18(25-20)16-7-11-27(12-8-16)21(29)17-5-2-3-9-23-17/h4,6,10,13-14,16-17,23H,2-3,5,7-9,11-12H2,1H3,(H,24,25,26)/t17-/m0/s1. The van der Waals surface area contributed by atoms with Crippen LogP contribution in [0.3, 0.4) is 0 Å². The summed E-state index contributed by atoms with van der Waals surface area (Å²) in [7, 11) is 0. The summed E-state index contributed by atoms with van der Waals surface area (Å²) in [6, 6.07) is 4.12.